The van der Waals surface area contributed by atoms with Crippen LogP contribution in [0, 0.1) is 17.8 Å². The van der Waals surface area contributed by atoms with E-state index in [9.17, 15) is 4.39 Å². The van der Waals surface area contributed by atoms with Crippen molar-refractivity contribution in [2.24, 2.45) is 23.5 Å². The molecular formula is C11H21FN2. The Balaban J connectivity index is 2.00. The number of fused-ring (bicyclic) bond motifs is 1. The van der Waals surface area contributed by atoms with Crippen LogP contribution >= 0.6 is 0 Å². The molecule has 0 spiro atoms. The van der Waals surface area contributed by atoms with Gasteiger partial charge in [0.25, 0.3) is 0 Å². The molecule has 1 aliphatic carbocycles. The van der Waals surface area contributed by atoms with Gasteiger partial charge >= 0.3 is 0 Å². The average Bonchev–Trinajstić information content (AvgIpc) is 2.59. The van der Waals surface area contributed by atoms with Gasteiger partial charge in [-0.05, 0) is 50.1 Å². The lowest BCUT2D eigenvalue weighted by Gasteiger charge is -2.32. The van der Waals surface area contributed by atoms with Gasteiger partial charge in [-0.1, -0.05) is 6.92 Å². The van der Waals surface area contributed by atoms with Gasteiger partial charge in [0, 0.05) is 6.04 Å². The molecule has 2 aliphatic rings. The van der Waals surface area contributed by atoms with Gasteiger partial charge in [-0.25, -0.2) is 4.39 Å². The maximum Gasteiger partial charge on any atom is 0.101 e. The van der Waals surface area contributed by atoms with Gasteiger partial charge in [-0.15, -0.1) is 0 Å². The lowest BCUT2D eigenvalue weighted by molar-refractivity contribution is 0.145. The molecule has 0 amide bonds. The molecule has 0 aromatic rings. The summed E-state index contributed by atoms with van der Waals surface area (Å²) in [5, 5.41) is 3.52. The fraction of sp³-hybridized carbons (Fsp3) is 1.00. The Morgan fingerprint density at radius 1 is 1.50 bits per heavy atom. The van der Waals surface area contributed by atoms with Crippen molar-refractivity contribution in [3.63, 3.8) is 0 Å². The zero-order chi connectivity index (χ0) is 10.1. The van der Waals surface area contributed by atoms with Crippen LogP contribution in [-0.2, 0) is 0 Å². The summed E-state index contributed by atoms with van der Waals surface area (Å²) < 4.78 is 13.3. The van der Waals surface area contributed by atoms with Crippen molar-refractivity contribution in [1.29, 1.82) is 0 Å². The van der Waals surface area contributed by atoms with Crippen molar-refractivity contribution in [2.75, 3.05) is 13.1 Å². The third kappa shape index (κ3) is 1.80. The van der Waals surface area contributed by atoms with Gasteiger partial charge in [-0.2, -0.15) is 0 Å². The minimum atomic E-state index is -0.566. The smallest absolute Gasteiger partial charge is 0.101 e. The summed E-state index contributed by atoms with van der Waals surface area (Å²) in [5.41, 5.74) is 5.69. The van der Waals surface area contributed by atoms with E-state index in [1.807, 2.05) is 0 Å². The van der Waals surface area contributed by atoms with Crippen molar-refractivity contribution < 1.29 is 4.39 Å². The number of nitrogens with one attached hydrogen (secondary N) is 1. The molecule has 5 unspecified atom stereocenters. The first-order chi connectivity index (χ1) is 6.72. The van der Waals surface area contributed by atoms with Crippen LogP contribution in [0.5, 0.6) is 0 Å². The maximum atomic E-state index is 13.3. The van der Waals surface area contributed by atoms with Crippen LogP contribution in [0.3, 0.4) is 0 Å². The van der Waals surface area contributed by atoms with E-state index < -0.39 is 6.17 Å². The molecule has 2 rings (SSSR count). The molecule has 3 heteroatoms. The molecule has 1 saturated heterocycles. The highest BCUT2D eigenvalue weighted by Gasteiger charge is 2.41. The van der Waals surface area contributed by atoms with Crippen LogP contribution in [0.1, 0.15) is 26.2 Å². The minimum absolute atomic E-state index is 0.530. The Bertz CT molecular complexity index is 198. The Hall–Kier alpha value is -0.150. The van der Waals surface area contributed by atoms with Crippen molar-refractivity contribution in [3.8, 4) is 0 Å². The molecule has 3 N–H and O–H groups in total. The van der Waals surface area contributed by atoms with E-state index in [0.29, 0.717) is 23.8 Å². The van der Waals surface area contributed by atoms with Crippen LogP contribution in [0.4, 0.5) is 4.39 Å². The number of rotatable bonds is 2. The van der Waals surface area contributed by atoms with Crippen LogP contribution < -0.4 is 11.1 Å². The van der Waals surface area contributed by atoms with E-state index in [0.717, 1.165) is 32.4 Å². The summed E-state index contributed by atoms with van der Waals surface area (Å²) >= 11 is 0. The highest BCUT2D eigenvalue weighted by atomic mass is 19.1. The fourth-order valence-electron chi connectivity index (χ4n) is 3.12. The van der Waals surface area contributed by atoms with Gasteiger partial charge in [0.2, 0.25) is 0 Å². The topological polar surface area (TPSA) is 38.0 Å². The van der Waals surface area contributed by atoms with Gasteiger partial charge < -0.3 is 11.1 Å². The van der Waals surface area contributed by atoms with E-state index in [4.69, 9.17) is 5.73 Å². The van der Waals surface area contributed by atoms with Gasteiger partial charge in [0.1, 0.15) is 6.17 Å². The molecule has 5 atom stereocenters. The quantitative estimate of drug-likeness (QED) is 0.705. The minimum Gasteiger partial charge on any atom is -0.330 e. The zero-order valence-corrected chi connectivity index (χ0v) is 8.88. The molecule has 14 heavy (non-hydrogen) atoms. The number of nitrogens with two attached hydrogens (primary N) is 1. The first kappa shape index (κ1) is 10.4. The number of hydrogen-bond acceptors (Lipinski definition) is 2. The Morgan fingerprint density at radius 2 is 2.29 bits per heavy atom. The largest absolute Gasteiger partial charge is 0.330 e. The second-order valence-electron chi connectivity index (χ2n) is 4.97. The van der Waals surface area contributed by atoms with Crippen molar-refractivity contribution in [3.05, 3.63) is 0 Å². The van der Waals surface area contributed by atoms with E-state index >= 15 is 0 Å². The summed E-state index contributed by atoms with van der Waals surface area (Å²) in [6.45, 7) is 3.96. The SMILES string of the molecule is CC(CN)C1CNC2CCC(F)CC21. The molecule has 82 valence electrons. The van der Waals surface area contributed by atoms with Crippen LogP contribution in [0.25, 0.3) is 0 Å². The van der Waals surface area contributed by atoms with E-state index in [-0.39, 0.29) is 0 Å². The molecule has 2 nitrogen and oxygen atoms in total. The van der Waals surface area contributed by atoms with E-state index in [2.05, 4.69) is 12.2 Å². The molecule has 1 aliphatic heterocycles. The third-order valence-corrected chi connectivity index (χ3v) is 4.10. The third-order valence-electron chi connectivity index (χ3n) is 4.10. The van der Waals surface area contributed by atoms with Crippen molar-refractivity contribution in [1.82, 2.24) is 5.32 Å². The predicted octanol–water partition coefficient (Wildman–Crippen LogP) is 1.31. The zero-order valence-electron chi connectivity index (χ0n) is 8.88. The summed E-state index contributed by atoms with van der Waals surface area (Å²) in [6, 6.07) is 0.570. The first-order valence-corrected chi connectivity index (χ1v) is 5.80. The van der Waals surface area contributed by atoms with E-state index in [1.54, 1.807) is 0 Å². The summed E-state index contributed by atoms with van der Waals surface area (Å²) in [7, 11) is 0. The second-order valence-corrected chi connectivity index (χ2v) is 4.97. The Labute approximate surface area is 85.4 Å². The molecule has 0 bridgehead atoms. The maximum absolute atomic E-state index is 13.3. The predicted molar refractivity (Wildman–Crippen MR) is 55.7 cm³/mol. The molecule has 1 saturated carbocycles. The molecule has 0 aromatic carbocycles. The van der Waals surface area contributed by atoms with Crippen molar-refractivity contribution in [2.45, 2.75) is 38.4 Å². The molecular weight excluding hydrogens is 179 g/mol. The highest BCUT2D eigenvalue weighted by Crippen LogP contribution is 2.38. The molecule has 0 aromatic heterocycles. The number of alkyl halides is 1. The normalized spacial score (nSPS) is 44.8. The monoisotopic (exact) mass is 200 g/mol. The van der Waals surface area contributed by atoms with Gasteiger partial charge in [-0.3, -0.25) is 0 Å². The Morgan fingerprint density at radius 3 is 3.00 bits per heavy atom. The molecule has 0 radical (unpaired) electrons. The van der Waals surface area contributed by atoms with Crippen LogP contribution in [0.2, 0.25) is 0 Å². The lowest BCUT2D eigenvalue weighted by atomic mass is 9.74. The number of halogens is 1. The lowest BCUT2D eigenvalue weighted by Crippen LogP contribution is -2.36. The standard InChI is InChI=1S/C11H21FN2/c1-7(5-13)10-6-14-11-3-2-8(12)4-9(10)11/h7-11,14H,2-6,13H2,1H3. The number of hydrogen-bond donors (Lipinski definition) is 2. The average molecular weight is 200 g/mol. The van der Waals surface area contributed by atoms with Crippen molar-refractivity contribution >= 4 is 0 Å². The fourth-order valence-corrected chi connectivity index (χ4v) is 3.12. The first-order valence-electron chi connectivity index (χ1n) is 5.80. The highest BCUT2D eigenvalue weighted by molar-refractivity contribution is 4.96. The molecule has 2 fully saturated rings. The van der Waals surface area contributed by atoms with Gasteiger partial charge in [0.15, 0.2) is 0 Å². The van der Waals surface area contributed by atoms with Gasteiger partial charge in [0.05, 0.1) is 0 Å². The molecule has 1 heterocycles. The second kappa shape index (κ2) is 4.15. The van der Waals surface area contributed by atoms with Crippen LogP contribution in [-0.4, -0.2) is 25.3 Å². The van der Waals surface area contributed by atoms with Crippen LogP contribution in [0.15, 0.2) is 0 Å². The summed E-state index contributed by atoms with van der Waals surface area (Å²) in [4.78, 5) is 0. The summed E-state index contributed by atoms with van der Waals surface area (Å²) in [5.74, 6) is 1.67. The van der Waals surface area contributed by atoms with E-state index in [1.165, 1.54) is 0 Å². The Kier molecular flexibility index (Phi) is 3.07. The summed E-state index contributed by atoms with van der Waals surface area (Å²) in [6.07, 6.45) is 1.95.